The predicted molar refractivity (Wildman–Crippen MR) is 43.5 cm³/mol. The van der Waals surface area contributed by atoms with Crippen LogP contribution in [0.25, 0.3) is 0 Å². The Morgan fingerprint density at radius 3 is 2.77 bits per heavy atom. The third kappa shape index (κ3) is 0.888. The fourth-order valence-electron chi connectivity index (χ4n) is 1.17. The average molecular weight is 198 g/mol. The van der Waals surface area contributed by atoms with Crippen LogP contribution in [0.15, 0.2) is 23.4 Å². The number of fused-ring (bicyclic) bond motifs is 1. The molecule has 0 spiro atoms. The van der Waals surface area contributed by atoms with Crippen molar-refractivity contribution >= 4 is 15.9 Å². The Morgan fingerprint density at radius 1 is 1.46 bits per heavy atom. The minimum absolute atomic E-state index is 0.144. The summed E-state index contributed by atoms with van der Waals surface area (Å²) >= 11 is 0. The monoisotopic (exact) mass is 198 g/mol. The fraction of sp³-hybridized carbons (Fsp3) is 0.143. The Labute approximate surface area is 75.1 Å². The summed E-state index contributed by atoms with van der Waals surface area (Å²) in [5, 5.41) is -0.150. The van der Waals surface area contributed by atoms with Gasteiger partial charge in [0.15, 0.2) is 5.03 Å². The van der Waals surface area contributed by atoms with Crippen LogP contribution in [0.5, 0.6) is 0 Å². The molecule has 0 bridgehead atoms. The Balaban J connectivity index is 2.83. The highest BCUT2D eigenvalue weighted by atomic mass is 32.2. The molecule has 0 N–H and O–H groups in total. The zero-order valence-corrected chi connectivity index (χ0v) is 7.58. The summed E-state index contributed by atoms with van der Waals surface area (Å²) in [6, 6.07) is 2.98. The third-order valence-corrected chi connectivity index (χ3v) is 3.59. The standard InChI is InChI=1S/C7H6N2O3S/c1-9-7(10)5-3-2-4-8-6(5)13(9,11)12/h2-4H,1H3. The molecule has 13 heavy (non-hydrogen) atoms. The largest absolute Gasteiger partial charge is 0.284 e. The quantitative estimate of drug-likeness (QED) is 0.581. The minimum Gasteiger partial charge on any atom is -0.268 e. The van der Waals surface area contributed by atoms with Gasteiger partial charge in [0, 0.05) is 13.2 Å². The van der Waals surface area contributed by atoms with Crippen LogP contribution in [0.2, 0.25) is 0 Å². The van der Waals surface area contributed by atoms with Crippen molar-refractivity contribution < 1.29 is 13.2 Å². The lowest BCUT2D eigenvalue weighted by atomic mass is 10.3. The molecule has 1 amide bonds. The molecule has 0 aliphatic carbocycles. The van der Waals surface area contributed by atoms with Crippen LogP contribution in [0.3, 0.4) is 0 Å². The summed E-state index contributed by atoms with van der Waals surface area (Å²) in [6.07, 6.45) is 1.35. The van der Waals surface area contributed by atoms with Crippen molar-refractivity contribution in [2.45, 2.75) is 5.03 Å². The van der Waals surface area contributed by atoms with Crippen molar-refractivity contribution in [3.63, 3.8) is 0 Å². The zero-order chi connectivity index (χ0) is 9.64. The predicted octanol–water partition coefficient (Wildman–Crippen LogP) is -0.144. The number of sulfonamides is 1. The molecular formula is C7H6N2O3S. The zero-order valence-electron chi connectivity index (χ0n) is 6.76. The molecule has 2 rings (SSSR count). The number of carbonyl (C=O) groups is 1. The van der Waals surface area contributed by atoms with E-state index >= 15 is 0 Å². The van der Waals surface area contributed by atoms with E-state index < -0.39 is 15.9 Å². The smallest absolute Gasteiger partial charge is 0.268 e. The molecule has 6 heteroatoms. The van der Waals surface area contributed by atoms with E-state index in [1.165, 1.54) is 25.4 Å². The highest BCUT2D eigenvalue weighted by Crippen LogP contribution is 2.25. The molecule has 0 unspecified atom stereocenters. The maximum Gasteiger partial charge on any atom is 0.284 e. The van der Waals surface area contributed by atoms with Crippen molar-refractivity contribution in [3.8, 4) is 0 Å². The summed E-state index contributed by atoms with van der Waals surface area (Å²) < 4.78 is 23.6. The van der Waals surface area contributed by atoms with Crippen LogP contribution in [0.4, 0.5) is 0 Å². The van der Waals surface area contributed by atoms with Crippen LogP contribution in [0, 0.1) is 0 Å². The molecular weight excluding hydrogens is 192 g/mol. The first kappa shape index (κ1) is 8.18. The van der Waals surface area contributed by atoms with Gasteiger partial charge in [-0.1, -0.05) is 0 Å². The highest BCUT2D eigenvalue weighted by Gasteiger charge is 2.39. The lowest BCUT2D eigenvalue weighted by Gasteiger charge is -2.04. The molecule has 2 heterocycles. The second-order valence-electron chi connectivity index (χ2n) is 2.63. The number of aromatic nitrogens is 1. The van der Waals surface area contributed by atoms with Gasteiger partial charge >= 0.3 is 0 Å². The van der Waals surface area contributed by atoms with Gasteiger partial charge in [-0.3, -0.25) is 4.79 Å². The Hall–Kier alpha value is -1.43. The SMILES string of the molecule is CN1C(=O)c2cccnc2S1(=O)=O. The summed E-state index contributed by atoms with van der Waals surface area (Å²) in [5.41, 5.74) is 0.144. The molecule has 1 aromatic rings. The van der Waals surface area contributed by atoms with Crippen LogP contribution in [0.1, 0.15) is 10.4 Å². The van der Waals surface area contributed by atoms with E-state index in [2.05, 4.69) is 4.98 Å². The number of carbonyl (C=O) groups excluding carboxylic acids is 1. The lowest BCUT2D eigenvalue weighted by Crippen LogP contribution is -2.25. The van der Waals surface area contributed by atoms with Crippen molar-refractivity contribution in [2.75, 3.05) is 7.05 Å². The molecule has 0 saturated carbocycles. The van der Waals surface area contributed by atoms with E-state index in [9.17, 15) is 13.2 Å². The number of rotatable bonds is 0. The van der Waals surface area contributed by atoms with Crippen molar-refractivity contribution in [2.24, 2.45) is 0 Å². The molecule has 0 atom stereocenters. The fourth-order valence-corrected chi connectivity index (χ4v) is 2.37. The van der Waals surface area contributed by atoms with Crippen molar-refractivity contribution in [3.05, 3.63) is 23.9 Å². The van der Waals surface area contributed by atoms with Gasteiger partial charge in [0.2, 0.25) is 0 Å². The first-order valence-electron chi connectivity index (χ1n) is 3.53. The second kappa shape index (κ2) is 2.29. The van der Waals surface area contributed by atoms with Crippen LogP contribution in [-0.2, 0) is 10.0 Å². The number of hydrogen-bond acceptors (Lipinski definition) is 4. The van der Waals surface area contributed by atoms with E-state index in [4.69, 9.17) is 0 Å². The molecule has 1 aromatic heterocycles. The normalized spacial score (nSPS) is 18.8. The van der Waals surface area contributed by atoms with E-state index in [-0.39, 0.29) is 10.6 Å². The van der Waals surface area contributed by atoms with E-state index in [0.29, 0.717) is 4.31 Å². The highest BCUT2D eigenvalue weighted by molar-refractivity contribution is 7.90. The van der Waals surface area contributed by atoms with E-state index in [1.54, 1.807) is 0 Å². The van der Waals surface area contributed by atoms with E-state index in [1.807, 2.05) is 0 Å². The third-order valence-electron chi connectivity index (χ3n) is 1.89. The first-order chi connectivity index (χ1) is 6.05. The maximum atomic E-state index is 11.4. The van der Waals surface area contributed by atoms with Gasteiger partial charge in [-0.15, -0.1) is 0 Å². The average Bonchev–Trinajstić information content (AvgIpc) is 2.30. The van der Waals surface area contributed by atoms with Gasteiger partial charge < -0.3 is 0 Å². The molecule has 1 aliphatic heterocycles. The van der Waals surface area contributed by atoms with Gasteiger partial charge in [-0.05, 0) is 12.1 Å². The van der Waals surface area contributed by atoms with Gasteiger partial charge in [-0.2, -0.15) is 8.42 Å². The number of pyridine rings is 1. The molecule has 0 fully saturated rings. The summed E-state index contributed by atoms with van der Waals surface area (Å²) in [7, 11) is -2.44. The van der Waals surface area contributed by atoms with Gasteiger partial charge in [0.25, 0.3) is 15.9 Å². The topological polar surface area (TPSA) is 67.3 Å². The molecule has 0 radical (unpaired) electrons. The molecule has 0 aromatic carbocycles. The molecule has 68 valence electrons. The molecule has 5 nitrogen and oxygen atoms in total. The molecule has 1 aliphatic rings. The van der Waals surface area contributed by atoms with Gasteiger partial charge in [0.1, 0.15) is 0 Å². The van der Waals surface area contributed by atoms with Crippen molar-refractivity contribution in [1.82, 2.24) is 9.29 Å². The Kier molecular flexibility index (Phi) is 1.44. The summed E-state index contributed by atoms with van der Waals surface area (Å²) in [6.45, 7) is 0. The summed E-state index contributed by atoms with van der Waals surface area (Å²) in [4.78, 5) is 15.0. The number of amides is 1. The Morgan fingerprint density at radius 2 is 2.15 bits per heavy atom. The molecule has 0 saturated heterocycles. The minimum atomic E-state index is -3.66. The van der Waals surface area contributed by atoms with Crippen LogP contribution < -0.4 is 0 Å². The van der Waals surface area contributed by atoms with Crippen molar-refractivity contribution in [1.29, 1.82) is 0 Å². The number of nitrogens with zero attached hydrogens (tertiary/aromatic N) is 2. The summed E-state index contributed by atoms with van der Waals surface area (Å²) in [5.74, 6) is -0.525. The lowest BCUT2D eigenvalue weighted by molar-refractivity contribution is 0.0891. The van der Waals surface area contributed by atoms with E-state index in [0.717, 1.165) is 0 Å². The van der Waals surface area contributed by atoms with Gasteiger partial charge in [0.05, 0.1) is 5.56 Å². The van der Waals surface area contributed by atoms with Crippen LogP contribution in [-0.4, -0.2) is 30.7 Å². The maximum absolute atomic E-state index is 11.4. The van der Waals surface area contributed by atoms with Crippen LogP contribution >= 0.6 is 0 Å². The Bertz CT molecular complexity index is 480. The number of hydrogen-bond donors (Lipinski definition) is 0. The second-order valence-corrected chi connectivity index (χ2v) is 4.52. The van der Waals surface area contributed by atoms with Gasteiger partial charge in [-0.25, -0.2) is 9.29 Å². The first-order valence-corrected chi connectivity index (χ1v) is 4.97.